The molecule has 0 aliphatic carbocycles. The highest BCUT2D eigenvalue weighted by atomic mass is 28.3. The van der Waals surface area contributed by atoms with Gasteiger partial charge in [-0.3, -0.25) is 0 Å². The van der Waals surface area contributed by atoms with Gasteiger partial charge in [0.15, 0.2) is 0 Å². The molecule has 132 valence electrons. The summed E-state index contributed by atoms with van der Waals surface area (Å²) in [5.74, 6) is 6.60. The van der Waals surface area contributed by atoms with Crippen LogP contribution >= 0.6 is 0 Å². The first-order chi connectivity index (χ1) is 11.5. The minimum Gasteiger partial charge on any atom is -0.381 e. The molecule has 2 heteroatoms. The molecule has 0 amide bonds. The quantitative estimate of drug-likeness (QED) is 0.268. The van der Waals surface area contributed by atoms with Crippen LogP contribution in [0.5, 0.6) is 0 Å². The lowest BCUT2D eigenvalue weighted by Gasteiger charge is -2.38. The molecule has 1 unspecified atom stereocenters. The molecule has 0 heterocycles. The Labute approximate surface area is 150 Å². The van der Waals surface area contributed by atoms with Crippen LogP contribution in [-0.4, -0.2) is 18.4 Å². The smallest absolute Gasteiger partial charge is 0.132 e. The van der Waals surface area contributed by atoms with E-state index in [0.29, 0.717) is 0 Å². The second-order valence-corrected chi connectivity index (χ2v) is 11.8. The first-order valence-electron chi connectivity index (χ1n) is 9.37. The zero-order valence-electron chi connectivity index (χ0n) is 15.8. The van der Waals surface area contributed by atoms with E-state index in [9.17, 15) is 5.11 Å². The molecular formula is C22H34OSi. The average Bonchev–Trinajstić information content (AvgIpc) is 2.59. The zero-order valence-corrected chi connectivity index (χ0v) is 16.8. The maximum absolute atomic E-state index is 11.5. The number of unbranched alkanes of at least 4 members (excludes halogenated alkanes) is 5. The summed E-state index contributed by atoms with van der Waals surface area (Å²) in [6, 6.07) is 10.4. The van der Waals surface area contributed by atoms with Gasteiger partial charge in [0.2, 0.25) is 0 Å². The molecule has 1 aromatic rings. The van der Waals surface area contributed by atoms with Crippen molar-refractivity contribution in [3.05, 3.63) is 43.0 Å². The van der Waals surface area contributed by atoms with Crippen LogP contribution < -0.4 is 5.19 Å². The third kappa shape index (κ3) is 5.96. The molecule has 0 spiro atoms. The van der Waals surface area contributed by atoms with Crippen molar-refractivity contribution in [2.75, 3.05) is 0 Å². The average molecular weight is 343 g/mol. The third-order valence-corrected chi connectivity index (χ3v) is 9.15. The molecule has 0 radical (unpaired) electrons. The van der Waals surface area contributed by atoms with Gasteiger partial charge in [-0.25, -0.2) is 0 Å². The summed E-state index contributed by atoms with van der Waals surface area (Å²) >= 11 is 0. The van der Waals surface area contributed by atoms with E-state index in [-0.39, 0.29) is 0 Å². The normalized spacial score (nSPS) is 13.7. The highest BCUT2D eigenvalue weighted by Gasteiger charge is 2.45. The summed E-state index contributed by atoms with van der Waals surface area (Å²) in [6.07, 6.45) is 10.3. The fourth-order valence-corrected chi connectivity index (χ4v) is 5.68. The van der Waals surface area contributed by atoms with Gasteiger partial charge < -0.3 is 5.11 Å². The molecule has 1 nitrogen and oxygen atoms in total. The van der Waals surface area contributed by atoms with E-state index in [1.807, 2.05) is 12.1 Å². The first kappa shape index (κ1) is 20.7. The van der Waals surface area contributed by atoms with E-state index in [1.54, 1.807) is 0 Å². The van der Waals surface area contributed by atoms with Crippen LogP contribution in [0.25, 0.3) is 0 Å². The molecule has 0 bridgehead atoms. The van der Waals surface area contributed by atoms with Crippen LogP contribution in [0.3, 0.4) is 0 Å². The maximum atomic E-state index is 11.5. The molecule has 0 fully saturated rings. The predicted octanol–water partition coefficient (Wildman–Crippen LogP) is 5.20. The van der Waals surface area contributed by atoms with Crippen molar-refractivity contribution in [2.24, 2.45) is 0 Å². The monoisotopic (exact) mass is 342 g/mol. The van der Waals surface area contributed by atoms with Gasteiger partial charge in [-0.1, -0.05) is 86.8 Å². The Kier molecular flexibility index (Phi) is 9.11. The van der Waals surface area contributed by atoms with Gasteiger partial charge in [0.1, 0.15) is 13.3 Å². The molecular weight excluding hydrogens is 308 g/mol. The first-order valence-corrected chi connectivity index (χ1v) is 12.4. The molecule has 1 N–H and O–H groups in total. The van der Waals surface area contributed by atoms with Crippen molar-refractivity contribution in [1.29, 1.82) is 0 Å². The SMILES string of the molecule is C=CCCCC(O)(C#CCCCCCC)[Si](C)(C)c1ccccc1. The molecule has 24 heavy (non-hydrogen) atoms. The largest absolute Gasteiger partial charge is 0.381 e. The van der Waals surface area contributed by atoms with E-state index in [4.69, 9.17) is 0 Å². The molecule has 0 aliphatic heterocycles. The number of aliphatic hydroxyl groups is 1. The molecule has 1 rings (SSSR count). The van der Waals surface area contributed by atoms with Gasteiger partial charge >= 0.3 is 0 Å². The van der Waals surface area contributed by atoms with E-state index in [1.165, 1.54) is 24.4 Å². The van der Waals surface area contributed by atoms with Crippen molar-refractivity contribution in [1.82, 2.24) is 0 Å². The number of hydrogen-bond acceptors (Lipinski definition) is 1. The lowest BCUT2D eigenvalue weighted by atomic mass is 10.1. The standard InChI is InChI=1S/C22H34OSi/c1-5-7-9-10-11-16-20-22(23,19-15-8-6-2)24(3,4)21-17-13-12-14-18-21/h6,12-14,17-18,23H,2,5,7-11,15,19H2,1,3-4H3. The van der Waals surface area contributed by atoms with Gasteiger partial charge in [-0.15, -0.1) is 12.5 Å². The summed E-state index contributed by atoms with van der Waals surface area (Å²) in [5.41, 5.74) is 0. The van der Waals surface area contributed by atoms with Crippen LogP contribution in [0.4, 0.5) is 0 Å². The lowest BCUT2D eigenvalue weighted by molar-refractivity contribution is 0.164. The van der Waals surface area contributed by atoms with E-state index in [0.717, 1.165) is 32.1 Å². The molecule has 1 aromatic carbocycles. The fraction of sp³-hybridized carbons (Fsp3) is 0.545. The molecule has 1 atom stereocenters. The molecule has 0 saturated carbocycles. The summed E-state index contributed by atoms with van der Waals surface area (Å²) in [5, 5.41) is 11.9. The Bertz CT molecular complexity index is 538. The van der Waals surface area contributed by atoms with Crippen LogP contribution in [0.2, 0.25) is 13.1 Å². The topological polar surface area (TPSA) is 20.2 Å². The van der Waals surface area contributed by atoms with Crippen molar-refractivity contribution in [2.45, 2.75) is 76.6 Å². The van der Waals surface area contributed by atoms with E-state index < -0.39 is 13.3 Å². The summed E-state index contributed by atoms with van der Waals surface area (Å²) in [4.78, 5) is 0. The Morgan fingerprint density at radius 3 is 2.46 bits per heavy atom. The predicted molar refractivity (Wildman–Crippen MR) is 109 cm³/mol. The zero-order chi connectivity index (χ0) is 17.9. The van der Waals surface area contributed by atoms with Gasteiger partial charge in [-0.2, -0.15) is 0 Å². The lowest BCUT2D eigenvalue weighted by Crippen LogP contribution is -2.61. The van der Waals surface area contributed by atoms with Crippen LogP contribution in [0.15, 0.2) is 43.0 Å². The number of benzene rings is 1. The van der Waals surface area contributed by atoms with Gasteiger partial charge in [-0.05, 0) is 25.7 Å². The summed E-state index contributed by atoms with van der Waals surface area (Å²) in [6.45, 7) is 10.5. The van der Waals surface area contributed by atoms with Crippen LogP contribution in [0, 0.1) is 11.8 Å². The molecule has 0 aromatic heterocycles. The summed E-state index contributed by atoms with van der Waals surface area (Å²) < 4.78 is 0. The summed E-state index contributed by atoms with van der Waals surface area (Å²) in [7, 11) is -2.11. The second-order valence-electron chi connectivity index (χ2n) is 7.14. The molecule has 0 saturated heterocycles. The highest BCUT2D eigenvalue weighted by molar-refractivity contribution is 6.92. The maximum Gasteiger partial charge on any atom is 0.132 e. The van der Waals surface area contributed by atoms with E-state index >= 15 is 0 Å². The Morgan fingerprint density at radius 1 is 1.12 bits per heavy atom. The molecule has 0 aliphatic rings. The minimum absolute atomic E-state index is 0.731. The van der Waals surface area contributed by atoms with Gasteiger partial charge in [0.05, 0.1) is 0 Å². The Morgan fingerprint density at radius 2 is 1.83 bits per heavy atom. The van der Waals surface area contributed by atoms with Crippen LogP contribution in [0.1, 0.15) is 58.3 Å². The van der Waals surface area contributed by atoms with Gasteiger partial charge in [0, 0.05) is 6.42 Å². The number of hydrogen-bond donors (Lipinski definition) is 1. The van der Waals surface area contributed by atoms with E-state index in [2.05, 4.69) is 62.7 Å². The third-order valence-electron chi connectivity index (χ3n) is 4.93. The fourth-order valence-electron chi connectivity index (χ4n) is 2.98. The van der Waals surface area contributed by atoms with Crippen molar-refractivity contribution in [3.8, 4) is 11.8 Å². The minimum atomic E-state index is -2.11. The van der Waals surface area contributed by atoms with Crippen LogP contribution in [-0.2, 0) is 0 Å². The van der Waals surface area contributed by atoms with Crippen molar-refractivity contribution in [3.63, 3.8) is 0 Å². The number of rotatable bonds is 10. The van der Waals surface area contributed by atoms with Crippen molar-refractivity contribution >= 4 is 13.3 Å². The van der Waals surface area contributed by atoms with Crippen molar-refractivity contribution < 1.29 is 5.11 Å². The second kappa shape index (κ2) is 10.5. The Hall–Kier alpha value is -1.30. The Balaban J connectivity index is 2.92. The van der Waals surface area contributed by atoms with Gasteiger partial charge in [0.25, 0.3) is 0 Å². The highest BCUT2D eigenvalue weighted by Crippen LogP contribution is 2.26. The number of allylic oxidation sites excluding steroid dienone is 1.